The Balaban J connectivity index is 2.08. The second-order valence-electron chi connectivity index (χ2n) is 5.09. The van der Waals surface area contributed by atoms with Gasteiger partial charge in [0.15, 0.2) is 0 Å². The zero-order valence-electron chi connectivity index (χ0n) is 11.6. The Labute approximate surface area is 115 Å². The van der Waals surface area contributed by atoms with Crippen molar-refractivity contribution >= 4 is 17.4 Å². The third-order valence-corrected chi connectivity index (χ3v) is 4.44. The first-order chi connectivity index (χ1) is 8.74. The molecule has 100 valence electrons. The van der Waals surface area contributed by atoms with Crippen molar-refractivity contribution in [2.45, 2.75) is 43.7 Å². The average Bonchev–Trinajstić information content (AvgIpc) is 2.41. The third-order valence-electron chi connectivity index (χ3n) is 3.69. The summed E-state index contributed by atoms with van der Waals surface area (Å²) in [6.45, 7) is 6.79. The molecule has 2 unspecified atom stereocenters. The maximum absolute atomic E-state index is 3.65. The molecular formula is C15H24N2S. The van der Waals surface area contributed by atoms with Crippen LogP contribution in [0, 0.1) is 0 Å². The van der Waals surface area contributed by atoms with E-state index in [9.17, 15) is 0 Å². The highest BCUT2D eigenvalue weighted by molar-refractivity contribution is 7.98. The topological polar surface area (TPSA) is 15.3 Å². The van der Waals surface area contributed by atoms with Gasteiger partial charge in [-0.05, 0) is 43.9 Å². The van der Waals surface area contributed by atoms with Gasteiger partial charge in [-0.2, -0.15) is 0 Å². The van der Waals surface area contributed by atoms with Gasteiger partial charge in [0.2, 0.25) is 0 Å². The Kier molecular flexibility index (Phi) is 4.95. The molecule has 3 heteroatoms. The molecule has 0 aromatic heterocycles. The molecule has 0 saturated carbocycles. The van der Waals surface area contributed by atoms with Gasteiger partial charge in [0.25, 0.3) is 0 Å². The second kappa shape index (κ2) is 6.48. The molecule has 1 aromatic rings. The predicted molar refractivity (Wildman–Crippen MR) is 81.7 cm³/mol. The largest absolute Gasteiger partial charge is 0.366 e. The van der Waals surface area contributed by atoms with Crippen LogP contribution in [-0.2, 0) is 0 Å². The number of nitrogens with zero attached hydrogens (tertiary/aromatic N) is 1. The zero-order valence-corrected chi connectivity index (χ0v) is 12.5. The molecule has 1 heterocycles. The molecule has 0 radical (unpaired) electrons. The second-order valence-corrected chi connectivity index (χ2v) is 5.97. The zero-order chi connectivity index (χ0) is 13.0. The van der Waals surface area contributed by atoms with Crippen molar-refractivity contribution in [1.29, 1.82) is 0 Å². The number of hydrogen-bond acceptors (Lipinski definition) is 3. The number of anilines is 1. The van der Waals surface area contributed by atoms with Crippen molar-refractivity contribution in [3.05, 3.63) is 24.3 Å². The maximum atomic E-state index is 3.65. The van der Waals surface area contributed by atoms with Gasteiger partial charge in [-0.3, -0.25) is 0 Å². The number of benzene rings is 1. The van der Waals surface area contributed by atoms with E-state index in [2.05, 4.69) is 54.6 Å². The number of hydrogen-bond donors (Lipinski definition) is 1. The van der Waals surface area contributed by atoms with Crippen LogP contribution in [-0.4, -0.2) is 31.4 Å². The Morgan fingerprint density at radius 2 is 2.06 bits per heavy atom. The quantitative estimate of drug-likeness (QED) is 0.839. The maximum Gasteiger partial charge on any atom is 0.0387 e. The number of piperazine rings is 1. The van der Waals surface area contributed by atoms with E-state index in [0.717, 1.165) is 13.1 Å². The minimum absolute atomic E-state index is 0.582. The molecule has 1 aromatic carbocycles. The highest BCUT2D eigenvalue weighted by Gasteiger charge is 2.24. The monoisotopic (exact) mass is 264 g/mol. The summed E-state index contributed by atoms with van der Waals surface area (Å²) in [6.07, 6.45) is 4.65. The van der Waals surface area contributed by atoms with Crippen molar-refractivity contribution in [3.8, 4) is 0 Å². The summed E-state index contributed by atoms with van der Waals surface area (Å²) in [7, 11) is 0. The molecular weight excluding hydrogens is 240 g/mol. The number of rotatable bonds is 4. The fourth-order valence-corrected chi connectivity index (χ4v) is 3.01. The minimum Gasteiger partial charge on any atom is -0.366 e. The van der Waals surface area contributed by atoms with Gasteiger partial charge in [-0.1, -0.05) is 13.3 Å². The van der Waals surface area contributed by atoms with E-state index in [1.54, 1.807) is 11.8 Å². The van der Waals surface area contributed by atoms with E-state index in [1.807, 2.05) is 0 Å². The molecule has 18 heavy (non-hydrogen) atoms. The molecule has 0 amide bonds. The summed E-state index contributed by atoms with van der Waals surface area (Å²) in [5.74, 6) is 0. The lowest BCUT2D eigenvalue weighted by Crippen LogP contribution is -2.55. The molecule has 2 rings (SSSR count). The van der Waals surface area contributed by atoms with Gasteiger partial charge in [0.1, 0.15) is 0 Å². The molecule has 1 saturated heterocycles. The van der Waals surface area contributed by atoms with Crippen LogP contribution >= 0.6 is 11.8 Å². The van der Waals surface area contributed by atoms with E-state index >= 15 is 0 Å². The van der Waals surface area contributed by atoms with Crippen molar-refractivity contribution < 1.29 is 0 Å². The molecule has 0 aliphatic carbocycles. The lowest BCUT2D eigenvalue weighted by Gasteiger charge is -2.40. The molecule has 1 N–H and O–H groups in total. The van der Waals surface area contributed by atoms with Gasteiger partial charge in [0, 0.05) is 35.8 Å². The van der Waals surface area contributed by atoms with Crippen LogP contribution in [0.3, 0.4) is 0 Å². The van der Waals surface area contributed by atoms with E-state index in [0.29, 0.717) is 12.1 Å². The first-order valence-corrected chi connectivity index (χ1v) is 8.11. The summed E-state index contributed by atoms with van der Waals surface area (Å²) in [5.41, 5.74) is 1.36. The summed E-state index contributed by atoms with van der Waals surface area (Å²) in [4.78, 5) is 3.88. The molecule has 1 fully saturated rings. The number of thioether (sulfide) groups is 1. The first kappa shape index (κ1) is 13.8. The lowest BCUT2D eigenvalue weighted by molar-refractivity contribution is 0.386. The molecule has 2 atom stereocenters. The SMILES string of the molecule is CCCC1CN(c2ccc(SC)cc2)C(C)CN1. The van der Waals surface area contributed by atoms with E-state index in [4.69, 9.17) is 0 Å². The third kappa shape index (κ3) is 3.21. The summed E-state index contributed by atoms with van der Waals surface area (Å²) < 4.78 is 0. The lowest BCUT2D eigenvalue weighted by atomic mass is 10.1. The van der Waals surface area contributed by atoms with Crippen LogP contribution in [0.25, 0.3) is 0 Å². The van der Waals surface area contributed by atoms with Crippen LogP contribution in [0.15, 0.2) is 29.2 Å². The van der Waals surface area contributed by atoms with Gasteiger partial charge in [-0.25, -0.2) is 0 Å². The van der Waals surface area contributed by atoms with Crippen molar-refractivity contribution in [2.75, 3.05) is 24.2 Å². The van der Waals surface area contributed by atoms with Crippen LogP contribution < -0.4 is 10.2 Å². The van der Waals surface area contributed by atoms with E-state index in [1.165, 1.54) is 23.4 Å². The van der Waals surface area contributed by atoms with Crippen molar-refractivity contribution in [3.63, 3.8) is 0 Å². The van der Waals surface area contributed by atoms with E-state index in [-0.39, 0.29) is 0 Å². The molecule has 1 aliphatic heterocycles. The van der Waals surface area contributed by atoms with Crippen LogP contribution in [0.2, 0.25) is 0 Å². The smallest absolute Gasteiger partial charge is 0.0387 e. The molecule has 0 spiro atoms. The summed E-state index contributed by atoms with van der Waals surface area (Å²) >= 11 is 1.80. The minimum atomic E-state index is 0.582. The Morgan fingerprint density at radius 1 is 1.33 bits per heavy atom. The summed E-state index contributed by atoms with van der Waals surface area (Å²) in [6, 6.07) is 10.2. The Bertz CT molecular complexity index is 363. The highest BCUT2D eigenvalue weighted by atomic mass is 32.2. The highest BCUT2D eigenvalue weighted by Crippen LogP contribution is 2.24. The van der Waals surface area contributed by atoms with Crippen LogP contribution in [0.1, 0.15) is 26.7 Å². The average molecular weight is 264 g/mol. The fourth-order valence-electron chi connectivity index (χ4n) is 2.60. The standard InChI is InChI=1S/C15H24N2S/c1-4-5-13-11-17(12(2)10-16-13)14-6-8-15(18-3)9-7-14/h6-9,12-13,16H,4-5,10-11H2,1-3H3. The van der Waals surface area contributed by atoms with Gasteiger partial charge < -0.3 is 10.2 Å². The van der Waals surface area contributed by atoms with E-state index < -0.39 is 0 Å². The van der Waals surface area contributed by atoms with Gasteiger partial charge >= 0.3 is 0 Å². The van der Waals surface area contributed by atoms with Crippen molar-refractivity contribution in [2.24, 2.45) is 0 Å². The van der Waals surface area contributed by atoms with Gasteiger partial charge in [0.05, 0.1) is 0 Å². The van der Waals surface area contributed by atoms with Gasteiger partial charge in [-0.15, -0.1) is 11.8 Å². The first-order valence-electron chi connectivity index (χ1n) is 6.88. The molecule has 1 aliphatic rings. The Morgan fingerprint density at radius 3 is 2.67 bits per heavy atom. The predicted octanol–water partition coefficient (Wildman–Crippen LogP) is 3.38. The summed E-state index contributed by atoms with van der Waals surface area (Å²) in [5, 5.41) is 3.65. The van der Waals surface area contributed by atoms with Crippen LogP contribution in [0.4, 0.5) is 5.69 Å². The van der Waals surface area contributed by atoms with Crippen LogP contribution in [0.5, 0.6) is 0 Å². The van der Waals surface area contributed by atoms with Crippen molar-refractivity contribution in [1.82, 2.24) is 5.32 Å². The fraction of sp³-hybridized carbons (Fsp3) is 0.600. The molecule has 0 bridgehead atoms. The number of nitrogens with one attached hydrogen (secondary N) is 1. The normalized spacial score (nSPS) is 24.3. The molecule has 2 nitrogen and oxygen atoms in total. The Hall–Kier alpha value is -0.670.